The highest BCUT2D eigenvalue weighted by molar-refractivity contribution is 5.95. The van der Waals surface area contributed by atoms with Crippen LogP contribution in [0.5, 0.6) is 5.75 Å². The van der Waals surface area contributed by atoms with E-state index in [9.17, 15) is 18.7 Å². The highest BCUT2D eigenvalue weighted by atomic mass is 19.2. The van der Waals surface area contributed by atoms with Crippen LogP contribution in [0.2, 0.25) is 0 Å². The highest BCUT2D eigenvalue weighted by Crippen LogP contribution is 2.09. The molecule has 0 atom stereocenters. The maximum atomic E-state index is 13.0. The third-order valence-electron chi connectivity index (χ3n) is 2.41. The summed E-state index contributed by atoms with van der Waals surface area (Å²) in [5.74, 6) is -2.39. The Morgan fingerprint density at radius 1 is 1.22 bits per heavy atom. The molecule has 0 amide bonds. The third kappa shape index (κ3) is 2.68. The van der Waals surface area contributed by atoms with E-state index in [1.165, 1.54) is 22.9 Å². The van der Waals surface area contributed by atoms with Crippen LogP contribution in [0.4, 0.5) is 8.78 Å². The number of benzene rings is 1. The number of Topliss-reactive ketones (excluding diaryl/α,β-unsaturated/α-hetero) is 1. The number of hydrogen-bond donors (Lipinski definition) is 1. The lowest BCUT2D eigenvalue weighted by molar-refractivity contribution is -0.683. The molecule has 2 aromatic rings. The van der Waals surface area contributed by atoms with Crippen LogP contribution in [0.15, 0.2) is 42.7 Å². The van der Waals surface area contributed by atoms with Crippen LogP contribution in [-0.4, -0.2) is 10.9 Å². The van der Waals surface area contributed by atoms with Crippen LogP contribution in [0.3, 0.4) is 0 Å². The second kappa shape index (κ2) is 4.91. The minimum atomic E-state index is -1.05. The van der Waals surface area contributed by atoms with Crippen molar-refractivity contribution in [3.05, 3.63) is 59.9 Å². The Balaban J connectivity index is 2.19. The zero-order valence-electron chi connectivity index (χ0n) is 9.31. The van der Waals surface area contributed by atoms with E-state index < -0.39 is 11.6 Å². The predicted octanol–water partition coefficient (Wildman–Crippen LogP) is 1.84. The lowest BCUT2D eigenvalue weighted by Gasteiger charge is -1.99. The van der Waals surface area contributed by atoms with Gasteiger partial charge in [-0.2, -0.15) is 4.57 Å². The van der Waals surface area contributed by atoms with Crippen molar-refractivity contribution in [2.24, 2.45) is 0 Å². The molecule has 5 heteroatoms. The molecule has 0 radical (unpaired) electrons. The summed E-state index contributed by atoms with van der Waals surface area (Å²) < 4.78 is 27.1. The molecule has 1 aromatic heterocycles. The van der Waals surface area contributed by atoms with Gasteiger partial charge < -0.3 is 5.11 Å². The maximum absolute atomic E-state index is 13.0. The van der Waals surface area contributed by atoms with Gasteiger partial charge in [-0.1, -0.05) is 0 Å². The van der Waals surface area contributed by atoms with Gasteiger partial charge in [0.05, 0.1) is 0 Å². The summed E-state index contributed by atoms with van der Waals surface area (Å²) in [7, 11) is 0. The van der Waals surface area contributed by atoms with Gasteiger partial charge in [0.15, 0.2) is 23.6 Å². The van der Waals surface area contributed by atoms with Crippen molar-refractivity contribution in [3.63, 3.8) is 0 Å². The van der Waals surface area contributed by atoms with Crippen molar-refractivity contribution in [2.75, 3.05) is 0 Å². The van der Waals surface area contributed by atoms with E-state index in [0.29, 0.717) is 0 Å². The smallest absolute Gasteiger partial charge is 0.227 e. The molecule has 0 spiro atoms. The van der Waals surface area contributed by atoms with Gasteiger partial charge in [-0.05, 0) is 24.3 Å². The second-order valence-electron chi connectivity index (χ2n) is 3.79. The number of pyridine rings is 1. The van der Waals surface area contributed by atoms with E-state index >= 15 is 0 Å². The summed E-state index contributed by atoms with van der Waals surface area (Å²) in [6, 6.07) is 6.05. The molecule has 1 aromatic carbocycles. The summed E-state index contributed by atoms with van der Waals surface area (Å²) >= 11 is 0. The van der Waals surface area contributed by atoms with Crippen molar-refractivity contribution in [1.82, 2.24) is 0 Å². The summed E-state index contributed by atoms with van der Waals surface area (Å²) in [5, 5.41) is 9.24. The number of aromatic nitrogens is 1. The summed E-state index contributed by atoms with van der Waals surface area (Å²) in [5.41, 5.74) is 0.0877. The van der Waals surface area contributed by atoms with Gasteiger partial charge in [0.2, 0.25) is 18.5 Å². The van der Waals surface area contributed by atoms with E-state index in [4.69, 9.17) is 0 Å². The van der Waals surface area contributed by atoms with Gasteiger partial charge in [-0.3, -0.25) is 4.79 Å². The van der Waals surface area contributed by atoms with E-state index in [2.05, 4.69) is 0 Å². The van der Waals surface area contributed by atoms with Gasteiger partial charge in [0, 0.05) is 11.6 Å². The first kappa shape index (κ1) is 12.2. The molecule has 0 aliphatic carbocycles. The Labute approximate surface area is 102 Å². The van der Waals surface area contributed by atoms with Crippen LogP contribution < -0.4 is 4.57 Å². The van der Waals surface area contributed by atoms with Gasteiger partial charge in [0.1, 0.15) is 0 Å². The first-order valence-electron chi connectivity index (χ1n) is 5.22. The molecule has 0 unspecified atom stereocenters. The SMILES string of the molecule is O=C(C[n+]1cccc(O)c1)c1ccc(F)c(F)c1. The molecule has 1 N–H and O–H groups in total. The Kier molecular flexibility index (Phi) is 3.32. The summed E-state index contributed by atoms with van der Waals surface area (Å²) in [6.45, 7) is -0.0561. The fourth-order valence-electron chi connectivity index (χ4n) is 1.53. The Hall–Kier alpha value is -2.30. The molecule has 0 aliphatic heterocycles. The van der Waals surface area contributed by atoms with Gasteiger partial charge in [0.25, 0.3) is 0 Å². The number of halogens is 2. The van der Waals surface area contributed by atoms with Crippen molar-refractivity contribution in [1.29, 1.82) is 0 Å². The minimum Gasteiger partial charge on any atom is -0.503 e. The molecule has 0 saturated heterocycles. The van der Waals surface area contributed by atoms with Crippen LogP contribution >= 0.6 is 0 Å². The van der Waals surface area contributed by atoms with Gasteiger partial charge in [-0.25, -0.2) is 8.78 Å². The van der Waals surface area contributed by atoms with Gasteiger partial charge in [-0.15, -0.1) is 0 Å². The molecule has 18 heavy (non-hydrogen) atoms. The maximum Gasteiger partial charge on any atom is 0.227 e. The fraction of sp³-hybridized carbons (Fsp3) is 0.0769. The zero-order valence-corrected chi connectivity index (χ0v) is 9.31. The van der Waals surface area contributed by atoms with Gasteiger partial charge >= 0.3 is 0 Å². The van der Waals surface area contributed by atoms with E-state index in [-0.39, 0.29) is 23.6 Å². The zero-order chi connectivity index (χ0) is 13.1. The number of carbonyl (C=O) groups is 1. The molecule has 0 fully saturated rings. The standard InChI is InChI=1S/C13H9F2NO2/c14-11-4-3-9(6-12(11)15)13(18)8-16-5-1-2-10(17)7-16/h1-7H,8H2/p+1. The molecule has 0 saturated carbocycles. The second-order valence-corrected chi connectivity index (χ2v) is 3.79. The number of rotatable bonds is 3. The fourth-order valence-corrected chi connectivity index (χ4v) is 1.53. The van der Waals surface area contributed by atoms with Crippen molar-refractivity contribution in [3.8, 4) is 5.75 Å². The molecule has 3 nitrogen and oxygen atoms in total. The molecule has 2 rings (SSSR count). The van der Waals surface area contributed by atoms with E-state index in [1.54, 1.807) is 12.3 Å². The molecule has 1 heterocycles. The number of hydrogen-bond acceptors (Lipinski definition) is 2. The predicted molar refractivity (Wildman–Crippen MR) is 59.0 cm³/mol. The Morgan fingerprint density at radius 3 is 2.67 bits per heavy atom. The molecular formula is C13H10F2NO2+. The largest absolute Gasteiger partial charge is 0.503 e. The average Bonchev–Trinajstić information content (AvgIpc) is 2.32. The normalized spacial score (nSPS) is 10.3. The van der Waals surface area contributed by atoms with Crippen molar-refractivity contribution < 1.29 is 23.2 Å². The third-order valence-corrected chi connectivity index (χ3v) is 2.41. The van der Waals surface area contributed by atoms with Crippen LogP contribution in [-0.2, 0) is 6.54 Å². The number of nitrogens with zero attached hydrogens (tertiary/aromatic N) is 1. The van der Waals surface area contributed by atoms with Crippen molar-refractivity contribution in [2.45, 2.75) is 6.54 Å². The quantitative estimate of drug-likeness (QED) is 0.667. The average molecular weight is 250 g/mol. The Morgan fingerprint density at radius 2 is 2.00 bits per heavy atom. The van der Waals surface area contributed by atoms with Crippen LogP contribution in [0.1, 0.15) is 10.4 Å². The van der Waals surface area contributed by atoms with Crippen LogP contribution in [0, 0.1) is 11.6 Å². The van der Waals surface area contributed by atoms with E-state index in [1.807, 2.05) is 0 Å². The lowest BCUT2D eigenvalue weighted by Crippen LogP contribution is -2.36. The lowest BCUT2D eigenvalue weighted by atomic mass is 10.1. The summed E-state index contributed by atoms with van der Waals surface area (Å²) in [4.78, 5) is 11.8. The highest BCUT2D eigenvalue weighted by Gasteiger charge is 2.14. The number of ketones is 1. The van der Waals surface area contributed by atoms with Crippen LogP contribution in [0.25, 0.3) is 0 Å². The topological polar surface area (TPSA) is 41.2 Å². The monoisotopic (exact) mass is 250 g/mol. The van der Waals surface area contributed by atoms with E-state index in [0.717, 1.165) is 12.1 Å². The Bertz CT molecular complexity index is 599. The first-order valence-corrected chi connectivity index (χ1v) is 5.22. The molecule has 0 aliphatic rings. The first-order chi connectivity index (χ1) is 8.56. The summed E-state index contributed by atoms with van der Waals surface area (Å²) in [6.07, 6.45) is 2.97. The molecular weight excluding hydrogens is 240 g/mol. The molecule has 92 valence electrons. The van der Waals surface area contributed by atoms with Crippen molar-refractivity contribution >= 4 is 5.78 Å². The molecule has 0 bridgehead atoms. The minimum absolute atomic E-state index is 0.0237. The number of carbonyl (C=O) groups excluding carboxylic acids is 1. The number of aromatic hydroxyl groups is 1.